The molecule has 0 unspecified atom stereocenters. The second-order valence-corrected chi connectivity index (χ2v) is 15.0. The molecule has 0 saturated heterocycles. The number of hydrogen-bond acceptors (Lipinski definition) is 10. The van der Waals surface area contributed by atoms with Gasteiger partial charge in [0.2, 0.25) is 17.6 Å². The standard InChI is InChI=1S/C46H52N6O7/c1-5-6-18-42(55)52(30-34-21-25-37(26-22-34)39-15-10-11-16-40(39)44-48-50-51-49-44)43(31(2)3)46(57)59-58-45(56)32(4)28-38(47-41(54)17-12-27-53)29-33-19-23-36(24-20-33)35-13-8-7-9-14-35/h7-11,13-16,19-27,31-32,38,43H,5-6,12,17-18,28-30H2,1-4H3,(H,47,54)(H,48,49,50,51)/t32-,38+,43+/m1/s1. The number of unbranched alkanes of at least 4 members (excludes halogenated alkanes) is 1. The first-order valence-corrected chi connectivity index (χ1v) is 20.1. The molecule has 0 aliphatic rings. The Balaban J connectivity index is 1.26. The lowest BCUT2D eigenvalue weighted by molar-refractivity contribution is -0.266. The topological polar surface area (TPSA) is 174 Å². The fourth-order valence-corrected chi connectivity index (χ4v) is 6.93. The van der Waals surface area contributed by atoms with Gasteiger partial charge < -0.3 is 15.0 Å². The number of nitrogens with zero attached hydrogens (tertiary/aromatic N) is 4. The number of amides is 2. The number of carbonyl (C=O) groups excluding carboxylic acids is 5. The molecule has 3 atom stereocenters. The average molecular weight is 801 g/mol. The van der Waals surface area contributed by atoms with E-state index in [-0.39, 0.29) is 50.0 Å². The van der Waals surface area contributed by atoms with Gasteiger partial charge >= 0.3 is 11.9 Å². The van der Waals surface area contributed by atoms with Crippen molar-refractivity contribution in [3.05, 3.63) is 114 Å². The lowest BCUT2D eigenvalue weighted by atomic mass is 9.94. The number of aldehydes is 1. The fraction of sp³-hybridized carbons (Fsp3) is 0.348. The normalized spacial score (nSPS) is 12.6. The Bertz CT molecular complexity index is 2120. The molecule has 13 heteroatoms. The summed E-state index contributed by atoms with van der Waals surface area (Å²) in [6.07, 6.45) is 3.03. The predicted octanol–water partition coefficient (Wildman–Crippen LogP) is 7.48. The second kappa shape index (κ2) is 21.9. The Morgan fingerprint density at radius 3 is 2.03 bits per heavy atom. The molecule has 0 aliphatic heterocycles. The number of tetrazole rings is 1. The number of aromatic amines is 1. The number of carbonyl (C=O) groups is 5. The molecule has 1 heterocycles. The van der Waals surface area contributed by atoms with E-state index in [0.29, 0.717) is 25.0 Å². The first-order chi connectivity index (χ1) is 28.6. The highest BCUT2D eigenvalue weighted by Gasteiger charge is 2.36. The van der Waals surface area contributed by atoms with Gasteiger partial charge in [0.15, 0.2) is 0 Å². The molecule has 59 heavy (non-hydrogen) atoms. The van der Waals surface area contributed by atoms with Crippen molar-refractivity contribution >= 4 is 30.0 Å². The maximum Gasteiger partial charge on any atom is 0.378 e. The van der Waals surface area contributed by atoms with E-state index in [4.69, 9.17) is 9.78 Å². The highest BCUT2D eigenvalue weighted by Crippen LogP contribution is 2.30. The van der Waals surface area contributed by atoms with Crippen molar-refractivity contribution in [2.75, 3.05) is 0 Å². The van der Waals surface area contributed by atoms with Crippen molar-refractivity contribution in [2.24, 2.45) is 11.8 Å². The van der Waals surface area contributed by atoms with Crippen LogP contribution >= 0.6 is 0 Å². The molecule has 2 N–H and O–H groups in total. The minimum Gasteiger partial charge on any atom is -0.353 e. The summed E-state index contributed by atoms with van der Waals surface area (Å²) in [5, 5.41) is 17.4. The van der Waals surface area contributed by atoms with Crippen LogP contribution in [-0.2, 0) is 46.7 Å². The summed E-state index contributed by atoms with van der Waals surface area (Å²) in [7, 11) is 0. The fourth-order valence-electron chi connectivity index (χ4n) is 6.93. The van der Waals surface area contributed by atoms with Gasteiger partial charge in [-0.3, -0.25) is 9.59 Å². The molecule has 0 fully saturated rings. The van der Waals surface area contributed by atoms with E-state index in [0.717, 1.165) is 45.4 Å². The minimum absolute atomic E-state index is 0.0209. The maximum atomic E-state index is 13.8. The van der Waals surface area contributed by atoms with E-state index in [9.17, 15) is 24.0 Å². The molecule has 308 valence electrons. The van der Waals surface area contributed by atoms with Gasteiger partial charge in [-0.05, 0) is 63.8 Å². The van der Waals surface area contributed by atoms with E-state index in [1.165, 1.54) is 4.90 Å². The van der Waals surface area contributed by atoms with Crippen molar-refractivity contribution < 1.29 is 33.7 Å². The zero-order chi connectivity index (χ0) is 42.1. The van der Waals surface area contributed by atoms with Crippen LogP contribution in [0.25, 0.3) is 33.6 Å². The van der Waals surface area contributed by atoms with Crippen LogP contribution in [0.4, 0.5) is 0 Å². The molecule has 0 aliphatic carbocycles. The summed E-state index contributed by atoms with van der Waals surface area (Å²) in [6.45, 7) is 7.34. The number of H-pyrrole nitrogens is 1. The van der Waals surface area contributed by atoms with Crippen LogP contribution in [0.5, 0.6) is 0 Å². The van der Waals surface area contributed by atoms with Gasteiger partial charge in [0.05, 0.1) is 5.92 Å². The summed E-state index contributed by atoms with van der Waals surface area (Å²) >= 11 is 0. The van der Waals surface area contributed by atoms with Crippen molar-refractivity contribution in [1.29, 1.82) is 0 Å². The van der Waals surface area contributed by atoms with E-state index < -0.39 is 29.9 Å². The number of hydrogen-bond donors (Lipinski definition) is 2. The Morgan fingerprint density at radius 2 is 1.39 bits per heavy atom. The summed E-state index contributed by atoms with van der Waals surface area (Å²) in [4.78, 5) is 76.3. The number of aromatic nitrogens is 4. The molecule has 5 aromatic rings. The summed E-state index contributed by atoms with van der Waals surface area (Å²) in [6, 6.07) is 31.7. The monoisotopic (exact) mass is 800 g/mol. The number of nitrogens with one attached hydrogen (secondary N) is 2. The molecule has 0 spiro atoms. The van der Waals surface area contributed by atoms with Crippen LogP contribution in [0.2, 0.25) is 0 Å². The van der Waals surface area contributed by atoms with Crippen molar-refractivity contribution in [3.8, 4) is 33.6 Å². The third-order valence-electron chi connectivity index (χ3n) is 10.0. The van der Waals surface area contributed by atoms with E-state index in [1.807, 2.05) is 110 Å². The Morgan fingerprint density at radius 1 is 0.763 bits per heavy atom. The van der Waals surface area contributed by atoms with Gasteiger partial charge in [-0.15, -0.1) is 10.2 Å². The van der Waals surface area contributed by atoms with Crippen LogP contribution in [-0.4, -0.2) is 67.6 Å². The smallest absolute Gasteiger partial charge is 0.353 e. The van der Waals surface area contributed by atoms with Crippen LogP contribution in [0.1, 0.15) is 77.3 Å². The predicted molar refractivity (Wildman–Crippen MR) is 223 cm³/mol. The van der Waals surface area contributed by atoms with E-state index in [2.05, 4.69) is 25.9 Å². The summed E-state index contributed by atoms with van der Waals surface area (Å²) < 4.78 is 0. The Labute approximate surface area is 344 Å². The lowest BCUT2D eigenvalue weighted by Crippen LogP contribution is -2.48. The zero-order valence-electron chi connectivity index (χ0n) is 34.0. The molecule has 0 bridgehead atoms. The molecule has 4 aromatic carbocycles. The highest BCUT2D eigenvalue weighted by molar-refractivity contribution is 5.85. The van der Waals surface area contributed by atoms with Gasteiger partial charge in [-0.2, -0.15) is 5.21 Å². The molecule has 1 aromatic heterocycles. The zero-order valence-corrected chi connectivity index (χ0v) is 34.0. The second-order valence-electron chi connectivity index (χ2n) is 15.0. The number of benzene rings is 4. The first kappa shape index (κ1) is 43.6. The largest absolute Gasteiger partial charge is 0.378 e. The third-order valence-corrected chi connectivity index (χ3v) is 10.0. The Kier molecular flexibility index (Phi) is 16.2. The third kappa shape index (κ3) is 12.5. The molecule has 13 nitrogen and oxygen atoms in total. The van der Waals surface area contributed by atoms with Gasteiger partial charge in [0, 0.05) is 37.4 Å². The molecule has 5 rings (SSSR count). The van der Waals surface area contributed by atoms with Gasteiger partial charge in [-0.25, -0.2) is 19.4 Å². The van der Waals surface area contributed by atoms with E-state index in [1.54, 1.807) is 20.8 Å². The van der Waals surface area contributed by atoms with Crippen LogP contribution in [0.3, 0.4) is 0 Å². The molecule has 2 amide bonds. The van der Waals surface area contributed by atoms with Crippen LogP contribution in [0, 0.1) is 11.8 Å². The van der Waals surface area contributed by atoms with Gasteiger partial charge in [0.1, 0.15) is 12.3 Å². The quantitative estimate of drug-likeness (QED) is 0.0457. The first-order valence-electron chi connectivity index (χ1n) is 20.1. The highest BCUT2D eigenvalue weighted by atomic mass is 17.2. The van der Waals surface area contributed by atoms with Gasteiger partial charge in [-0.1, -0.05) is 137 Å². The van der Waals surface area contributed by atoms with Gasteiger partial charge in [0.25, 0.3) is 0 Å². The minimum atomic E-state index is -1.05. The average Bonchev–Trinajstić information content (AvgIpc) is 3.80. The maximum absolute atomic E-state index is 13.8. The molecule has 0 saturated carbocycles. The SMILES string of the molecule is CCCCC(=O)N(Cc1ccc(-c2ccccc2-c2nn[nH]n2)cc1)[C@H](C(=O)OOC(=O)[C@H](C)C[C@@H](Cc1ccc(-c2ccccc2)cc1)NC(=O)CCC=O)C(C)C. The number of rotatable bonds is 20. The van der Waals surface area contributed by atoms with Crippen molar-refractivity contribution in [1.82, 2.24) is 30.8 Å². The van der Waals surface area contributed by atoms with Crippen molar-refractivity contribution in [3.63, 3.8) is 0 Å². The molecular weight excluding hydrogens is 749 g/mol. The molecule has 0 radical (unpaired) electrons. The Hall–Kier alpha value is -6.50. The molecular formula is C46H52N6O7. The van der Waals surface area contributed by atoms with Crippen LogP contribution < -0.4 is 5.32 Å². The summed E-state index contributed by atoms with van der Waals surface area (Å²) in [5.74, 6) is -2.91. The summed E-state index contributed by atoms with van der Waals surface area (Å²) in [5.41, 5.74) is 6.46. The van der Waals surface area contributed by atoms with Crippen LogP contribution in [0.15, 0.2) is 103 Å². The van der Waals surface area contributed by atoms with Crippen molar-refractivity contribution in [2.45, 2.75) is 91.3 Å². The lowest BCUT2D eigenvalue weighted by Gasteiger charge is -2.32. The van der Waals surface area contributed by atoms with E-state index >= 15 is 0 Å².